The van der Waals surface area contributed by atoms with Crippen molar-refractivity contribution < 1.29 is 9.32 Å². The van der Waals surface area contributed by atoms with E-state index in [0.717, 1.165) is 24.3 Å². The van der Waals surface area contributed by atoms with Crippen LogP contribution < -0.4 is 10.6 Å². The van der Waals surface area contributed by atoms with Crippen LogP contribution in [0.15, 0.2) is 10.7 Å². The monoisotopic (exact) mass is 262 g/mol. The number of rotatable bonds is 3. The Morgan fingerprint density at radius 1 is 1.53 bits per heavy atom. The summed E-state index contributed by atoms with van der Waals surface area (Å²) >= 11 is 0. The lowest BCUT2D eigenvalue weighted by Crippen LogP contribution is -2.43. The SMILES string of the molecule is Cc1noc(NC(=O)c2cn(C3CNC3)nn2)c1C. The van der Waals surface area contributed by atoms with E-state index in [1.165, 1.54) is 0 Å². The normalized spacial score (nSPS) is 15.3. The summed E-state index contributed by atoms with van der Waals surface area (Å²) in [5.74, 6) is 0.000133. The third-order valence-corrected chi connectivity index (χ3v) is 3.26. The largest absolute Gasteiger partial charge is 0.338 e. The van der Waals surface area contributed by atoms with Crippen LogP contribution >= 0.6 is 0 Å². The van der Waals surface area contributed by atoms with Crippen molar-refractivity contribution in [2.75, 3.05) is 18.4 Å². The average Bonchev–Trinajstić information content (AvgIpc) is 2.90. The van der Waals surface area contributed by atoms with Crippen LogP contribution in [0.4, 0.5) is 5.88 Å². The lowest BCUT2D eigenvalue weighted by Gasteiger charge is -2.26. The molecule has 1 fully saturated rings. The van der Waals surface area contributed by atoms with E-state index in [9.17, 15) is 4.79 Å². The molecular formula is C11H14N6O2. The fraction of sp³-hybridized carbons (Fsp3) is 0.455. The number of nitrogens with one attached hydrogen (secondary N) is 2. The van der Waals surface area contributed by atoms with E-state index in [2.05, 4.69) is 26.1 Å². The number of nitrogens with zero attached hydrogens (tertiary/aromatic N) is 4. The number of anilines is 1. The van der Waals surface area contributed by atoms with Crippen LogP contribution in [0.3, 0.4) is 0 Å². The van der Waals surface area contributed by atoms with E-state index in [1.54, 1.807) is 10.9 Å². The van der Waals surface area contributed by atoms with E-state index in [0.29, 0.717) is 5.88 Å². The van der Waals surface area contributed by atoms with E-state index >= 15 is 0 Å². The molecule has 2 aromatic heterocycles. The van der Waals surface area contributed by atoms with Crippen molar-refractivity contribution in [1.82, 2.24) is 25.5 Å². The Morgan fingerprint density at radius 2 is 2.32 bits per heavy atom. The first kappa shape index (κ1) is 11.8. The summed E-state index contributed by atoms with van der Waals surface area (Å²) in [5, 5.41) is 17.4. The first-order chi connectivity index (χ1) is 9.15. The minimum atomic E-state index is -0.349. The standard InChI is InChI=1S/C11H14N6O2/c1-6-7(2)15-19-11(6)13-10(18)9-5-17(16-14-9)8-3-12-4-8/h5,8,12H,3-4H2,1-2H3,(H,13,18). The van der Waals surface area contributed by atoms with Crippen LogP contribution in [-0.2, 0) is 0 Å². The number of amides is 1. The molecule has 0 spiro atoms. The van der Waals surface area contributed by atoms with Gasteiger partial charge in [-0.1, -0.05) is 10.4 Å². The van der Waals surface area contributed by atoms with Gasteiger partial charge in [-0.2, -0.15) is 0 Å². The van der Waals surface area contributed by atoms with E-state index in [4.69, 9.17) is 4.52 Å². The van der Waals surface area contributed by atoms with E-state index in [1.807, 2.05) is 13.8 Å². The van der Waals surface area contributed by atoms with Gasteiger partial charge in [0.1, 0.15) is 0 Å². The van der Waals surface area contributed by atoms with Crippen molar-refractivity contribution in [1.29, 1.82) is 0 Å². The van der Waals surface area contributed by atoms with Gasteiger partial charge in [0.25, 0.3) is 5.91 Å². The minimum absolute atomic E-state index is 0.264. The highest BCUT2D eigenvalue weighted by Crippen LogP contribution is 2.18. The number of hydrogen-bond donors (Lipinski definition) is 2. The van der Waals surface area contributed by atoms with Crippen molar-refractivity contribution in [2.24, 2.45) is 0 Å². The first-order valence-corrected chi connectivity index (χ1v) is 6.02. The highest BCUT2D eigenvalue weighted by atomic mass is 16.5. The molecule has 1 aliphatic rings. The summed E-state index contributed by atoms with van der Waals surface area (Å²) in [6.45, 7) is 5.35. The third-order valence-electron chi connectivity index (χ3n) is 3.26. The second-order valence-corrected chi connectivity index (χ2v) is 4.57. The van der Waals surface area contributed by atoms with Crippen molar-refractivity contribution in [3.05, 3.63) is 23.1 Å². The number of carbonyl (C=O) groups excluding carboxylic acids is 1. The molecule has 8 nitrogen and oxygen atoms in total. The Balaban J connectivity index is 1.73. The number of carbonyl (C=O) groups is 1. The molecule has 19 heavy (non-hydrogen) atoms. The molecule has 2 aromatic rings. The second kappa shape index (κ2) is 4.47. The van der Waals surface area contributed by atoms with Gasteiger partial charge in [-0.3, -0.25) is 10.1 Å². The van der Waals surface area contributed by atoms with Crippen LogP contribution in [0.1, 0.15) is 27.8 Å². The fourth-order valence-electron chi connectivity index (χ4n) is 1.72. The van der Waals surface area contributed by atoms with Crippen LogP contribution in [0.5, 0.6) is 0 Å². The maximum Gasteiger partial charge on any atom is 0.280 e. The van der Waals surface area contributed by atoms with Gasteiger partial charge in [-0.25, -0.2) is 4.68 Å². The van der Waals surface area contributed by atoms with Crippen molar-refractivity contribution >= 4 is 11.8 Å². The quantitative estimate of drug-likeness (QED) is 0.824. The average molecular weight is 262 g/mol. The van der Waals surface area contributed by atoms with E-state index < -0.39 is 0 Å². The summed E-state index contributed by atoms with van der Waals surface area (Å²) in [7, 11) is 0. The molecule has 100 valence electrons. The Morgan fingerprint density at radius 3 is 2.89 bits per heavy atom. The fourth-order valence-corrected chi connectivity index (χ4v) is 1.72. The van der Waals surface area contributed by atoms with Gasteiger partial charge >= 0.3 is 0 Å². The van der Waals surface area contributed by atoms with Gasteiger partial charge in [-0.15, -0.1) is 5.10 Å². The third kappa shape index (κ3) is 2.10. The summed E-state index contributed by atoms with van der Waals surface area (Å²) in [6.07, 6.45) is 1.64. The van der Waals surface area contributed by atoms with Gasteiger partial charge in [0.05, 0.1) is 17.9 Å². The molecule has 8 heteroatoms. The summed E-state index contributed by atoms with van der Waals surface area (Å²) in [5.41, 5.74) is 1.82. The van der Waals surface area contributed by atoms with Crippen LogP contribution in [-0.4, -0.2) is 39.1 Å². The van der Waals surface area contributed by atoms with Crippen LogP contribution in [0.25, 0.3) is 0 Å². The van der Waals surface area contributed by atoms with Crippen LogP contribution in [0.2, 0.25) is 0 Å². The Kier molecular flexibility index (Phi) is 2.79. The van der Waals surface area contributed by atoms with Crippen molar-refractivity contribution in [3.8, 4) is 0 Å². The number of aromatic nitrogens is 4. The van der Waals surface area contributed by atoms with Crippen molar-refractivity contribution in [3.63, 3.8) is 0 Å². The molecular weight excluding hydrogens is 248 g/mol. The molecule has 1 saturated heterocycles. The molecule has 0 radical (unpaired) electrons. The molecule has 3 heterocycles. The number of hydrogen-bond acceptors (Lipinski definition) is 6. The molecule has 0 unspecified atom stereocenters. The van der Waals surface area contributed by atoms with Crippen LogP contribution in [0, 0.1) is 13.8 Å². The second-order valence-electron chi connectivity index (χ2n) is 4.57. The molecule has 3 rings (SSSR count). The zero-order valence-corrected chi connectivity index (χ0v) is 10.7. The summed E-state index contributed by atoms with van der Waals surface area (Å²) < 4.78 is 6.73. The molecule has 0 bridgehead atoms. The first-order valence-electron chi connectivity index (χ1n) is 6.02. The lowest BCUT2D eigenvalue weighted by atomic mass is 10.2. The summed E-state index contributed by atoms with van der Waals surface area (Å²) in [6, 6.07) is 0.281. The highest BCUT2D eigenvalue weighted by molar-refractivity contribution is 6.02. The topological polar surface area (TPSA) is 97.9 Å². The minimum Gasteiger partial charge on any atom is -0.338 e. The highest BCUT2D eigenvalue weighted by Gasteiger charge is 2.22. The smallest absolute Gasteiger partial charge is 0.280 e. The predicted molar refractivity (Wildman–Crippen MR) is 65.9 cm³/mol. The maximum atomic E-state index is 12.0. The maximum absolute atomic E-state index is 12.0. The molecule has 2 N–H and O–H groups in total. The molecule has 0 atom stereocenters. The Labute approximate surface area is 109 Å². The van der Waals surface area contributed by atoms with Gasteiger partial charge < -0.3 is 9.84 Å². The van der Waals surface area contributed by atoms with Gasteiger partial charge in [-0.05, 0) is 13.8 Å². The number of aryl methyl sites for hydroxylation is 1. The predicted octanol–water partition coefficient (Wildman–Crippen LogP) is 0.280. The van der Waals surface area contributed by atoms with Gasteiger partial charge in [0.15, 0.2) is 5.69 Å². The van der Waals surface area contributed by atoms with E-state index in [-0.39, 0.29) is 17.6 Å². The molecule has 0 aromatic carbocycles. The molecule has 1 amide bonds. The summed E-state index contributed by atoms with van der Waals surface area (Å²) in [4.78, 5) is 12.0. The van der Waals surface area contributed by atoms with Gasteiger partial charge in [0.2, 0.25) is 5.88 Å². The molecule has 1 aliphatic heterocycles. The zero-order chi connectivity index (χ0) is 13.4. The Hall–Kier alpha value is -2.22. The molecule has 0 aliphatic carbocycles. The lowest BCUT2D eigenvalue weighted by molar-refractivity contribution is 0.101. The zero-order valence-electron chi connectivity index (χ0n) is 10.7. The Bertz CT molecular complexity index is 612. The molecule has 0 saturated carbocycles. The van der Waals surface area contributed by atoms with Crippen molar-refractivity contribution in [2.45, 2.75) is 19.9 Å². The van der Waals surface area contributed by atoms with Gasteiger partial charge in [0, 0.05) is 18.7 Å².